The third kappa shape index (κ3) is 2.15. The maximum atomic E-state index is 9.99. The molecule has 0 aromatic rings. The Morgan fingerprint density at radius 1 is 1.57 bits per heavy atom. The first-order chi connectivity index (χ1) is 3.12. The van der Waals surface area contributed by atoms with Crippen molar-refractivity contribution in [2.24, 2.45) is 5.41 Å². The molecule has 0 atom stereocenters. The molecule has 0 saturated carbocycles. The van der Waals surface area contributed by atoms with E-state index in [0.717, 1.165) is 6.29 Å². The Kier molecular flexibility index (Phi) is 1.75. The van der Waals surface area contributed by atoms with Gasteiger partial charge in [0.1, 0.15) is 6.29 Å². The molecule has 0 aliphatic heterocycles. The number of allylic oxidation sites excluding steroid dienone is 1. The summed E-state index contributed by atoms with van der Waals surface area (Å²) in [6.07, 6.45) is 2.50. The van der Waals surface area contributed by atoms with Crippen LogP contribution in [0.25, 0.3) is 0 Å². The Hall–Kier alpha value is -0.590. The van der Waals surface area contributed by atoms with Crippen LogP contribution in [0.2, 0.25) is 0 Å². The summed E-state index contributed by atoms with van der Waals surface area (Å²) in [5.41, 5.74) is -0.333. The average Bonchev–Trinajstić information content (AvgIpc) is 1.68. The van der Waals surface area contributed by atoms with Gasteiger partial charge in [0.25, 0.3) is 0 Å². The van der Waals surface area contributed by atoms with Crippen LogP contribution >= 0.6 is 0 Å². The molecular formula is C6H10O. The number of carbonyl (C=O) groups excluding carboxylic acids is 1. The van der Waals surface area contributed by atoms with E-state index in [1.165, 1.54) is 0 Å². The Balaban J connectivity index is 3.82. The third-order valence-electron chi connectivity index (χ3n) is 0.830. The molecule has 0 aromatic carbocycles. The van der Waals surface area contributed by atoms with Gasteiger partial charge in [-0.1, -0.05) is 6.08 Å². The monoisotopic (exact) mass is 98.1 g/mol. The number of hydrogen-bond donors (Lipinski definition) is 0. The number of aldehydes is 1. The summed E-state index contributed by atoms with van der Waals surface area (Å²) in [7, 11) is 0. The van der Waals surface area contributed by atoms with E-state index < -0.39 is 0 Å². The van der Waals surface area contributed by atoms with Crippen LogP contribution < -0.4 is 0 Å². The van der Waals surface area contributed by atoms with Crippen molar-refractivity contribution >= 4 is 6.29 Å². The maximum absolute atomic E-state index is 9.99. The van der Waals surface area contributed by atoms with E-state index in [0.29, 0.717) is 0 Å². The Labute approximate surface area is 44.0 Å². The van der Waals surface area contributed by atoms with E-state index >= 15 is 0 Å². The number of rotatable bonds is 2. The second kappa shape index (κ2) is 1.92. The minimum absolute atomic E-state index is 0.333. The van der Waals surface area contributed by atoms with Gasteiger partial charge in [0.05, 0.1) is 0 Å². The number of carbonyl (C=O) groups is 1. The fraction of sp³-hybridized carbons (Fsp3) is 0.500. The summed E-state index contributed by atoms with van der Waals surface area (Å²) in [6, 6.07) is 0. The molecule has 0 radical (unpaired) electrons. The summed E-state index contributed by atoms with van der Waals surface area (Å²) in [5, 5.41) is 0. The van der Waals surface area contributed by atoms with Crippen molar-refractivity contribution in [3.05, 3.63) is 12.7 Å². The van der Waals surface area contributed by atoms with Crippen LogP contribution in [0.4, 0.5) is 0 Å². The van der Waals surface area contributed by atoms with Gasteiger partial charge >= 0.3 is 0 Å². The molecule has 0 rings (SSSR count). The fourth-order valence-corrected chi connectivity index (χ4v) is 0.0481. The summed E-state index contributed by atoms with van der Waals surface area (Å²) in [5.74, 6) is 0. The molecule has 0 spiro atoms. The first-order valence-corrected chi connectivity index (χ1v) is 2.22. The molecule has 0 heterocycles. The predicted molar refractivity (Wildman–Crippen MR) is 30.0 cm³/mol. The molecule has 0 aliphatic carbocycles. The lowest BCUT2D eigenvalue weighted by molar-refractivity contribution is -0.112. The molecule has 7 heavy (non-hydrogen) atoms. The first-order valence-electron chi connectivity index (χ1n) is 2.22. The Morgan fingerprint density at radius 2 is 2.00 bits per heavy atom. The van der Waals surface area contributed by atoms with Gasteiger partial charge in [-0.25, -0.2) is 0 Å². The van der Waals surface area contributed by atoms with E-state index in [1.807, 2.05) is 13.8 Å². The molecule has 40 valence electrons. The van der Waals surface area contributed by atoms with Crippen LogP contribution in [0.3, 0.4) is 0 Å². The highest BCUT2D eigenvalue weighted by atomic mass is 16.1. The zero-order chi connectivity index (χ0) is 5.91. The molecule has 1 heteroatoms. The minimum atomic E-state index is -0.333. The van der Waals surface area contributed by atoms with Crippen molar-refractivity contribution in [2.45, 2.75) is 13.8 Å². The second-order valence-electron chi connectivity index (χ2n) is 2.14. The van der Waals surface area contributed by atoms with Crippen molar-refractivity contribution in [1.29, 1.82) is 0 Å². The lowest BCUT2D eigenvalue weighted by Gasteiger charge is -2.06. The predicted octanol–water partition coefficient (Wildman–Crippen LogP) is 1.40. The van der Waals surface area contributed by atoms with Gasteiger partial charge in [0.15, 0.2) is 0 Å². The lowest BCUT2D eigenvalue weighted by Crippen LogP contribution is -2.06. The molecule has 0 aromatic heterocycles. The van der Waals surface area contributed by atoms with Crippen LogP contribution in [0.5, 0.6) is 0 Å². The van der Waals surface area contributed by atoms with Gasteiger partial charge in [-0.2, -0.15) is 0 Å². The van der Waals surface area contributed by atoms with Gasteiger partial charge < -0.3 is 4.79 Å². The summed E-state index contributed by atoms with van der Waals surface area (Å²) >= 11 is 0. The van der Waals surface area contributed by atoms with E-state index in [-0.39, 0.29) is 5.41 Å². The van der Waals surface area contributed by atoms with Gasteiger partial charge in [-0.3, -0.25) is 0 Å². The van der Waals surface area contributed by atoms with Gasteiger partial charge in [-0.05, 0) is 13.8 Å². The molecule has 0 amide bonds. The summed E-state index contributed by atoms with van der Waals surface area (Å²) in [6.45, 7) is 7.10. The lowest BCUT2D eigenvalue weighted by atomic mass is 9.97. The van der Waals surface area contributed by atoms with Crippen LogP contribution in [-0.4, -0.2) is 6.29 Å². The SMILES string of the molecule is C=CC(C)(C)C=O. The molecule has 0 unspecified atom stereocenters. The quantitative estimate of drug-likeness (QED) is 0.377. The topological polar surface area (TPSA) is 17.1 Å². The Bertz CT molecular complexity index is 72.2. The molecule has 1 nitrogen and oxygen atoms in total. The summed E-state index contributed by atoms with van der Waals surface area (Å²) in [4.78, 5) is 9.99. The zero-order valence-electron chi connectivity index (χ0n) is 4.77. The van der Waals surface area contributed by atoms with Gasteiger partial charge in [-0.15, -0.1) is 6.58 Å². The second-order valence-corrected chi connectivity index (χ2v) is 2.14. The van der Waals surface area contributed by atoms with Crippen LogP contribution in [0.15, 0.2) is 12.7 Å². The molecule has 0 N–H and O–H groups in total. The highest BCUT2D eigenvalue weighted by Crippen LogP contribution is 2.09. The molecule has 0 aliphatic rings. The molecule has 0 saturated heterocycles. The average molecular weight is 98.1 g/mol. The third-order valence-corrected chi connectivity index (χ3v) is 0.830. The van der Waals surface area contributed by atoms with Crippen LogP contribution in [0.1, 0.15) is 13.8 Å². The van der Waals surface area contributed by atoms with Gasteiger partial charge in [0.2, 0.25) is 0 Å². The Morgan fingerprint density at radius 3 is 2.00 bits per heavy atom. The van der Waals surface area contributed by atoms with Crippen LogP contribution in [-0.2, 0) is 4.79 Å². The molecule has 0 fully saturated rings. The molecule has 0 bridgehead atoms. The first kappa shape index (κ1) is 6.41. The summed E-state index contributed by atoms with van der Waals surface area (Å²) < 4.78 is 0. The highest BCUT2D eigenvalue weighted by molar-refractivity contribution is 5.60. The van der Waals surface area contributed by atoms with Crippen LogP contribution in [0, 0.1) is 5.41 Å². The van der Waals surface area contributed by atoms with Crippen molar-refractivity contribution in [3.63, 3.8) is 0 Å². The zero-order valence-corrected chi connectivity index (χ0v) is 4.77. The van der Waals surface area contributed by atoms with E-state index in [1.54, 1.807) is 6.08 Å². The normalized spacial score (nSPS) is 10.6. The standard InChI is InChI=1S/C6H10O/c1-4-6(2,3)5-7/h4-5H,1H2,2-3H3. The van der Waals surface area contributed by atoms with Crippen molar-refractivity contribution < 1.29 is 4.79 Å². The van der Waals surface area contributed by atoms with E-state index in [9.17, 15) is 4.79 Å². The van der Waals surface area contributed by atoms with E-state index in [4.69, 9.17) is 0 Å². The van der Waals surface area contributed by atoms with Gasteiger partial charge in [0, 0.05) is 5.41 Å². The van der Waals surface area contributed by atoms with Crippen molar-refractivity contribution in [1.82, 2.24) is 0 Å². The smallest absolute Gasteiger partial charge is 0.129 e. The largest absolute Gasteiger partial charge is 0.302 e. The van der Waals surface area contributed by atoms with E-state index in [2.05, 4.69) is 6.58 Å². The maximum Gasteiger partial charge on any atom is 0.129 e. The van der Waals surface area contributed by atoms with Crippen molar-refractivity contribution in [2.75, 3.05) is 0 Å². The number of hydrogen-bond acceptors (Lipinski definition) is 1. The fourth-order valence-electron chi connectivity index (χ4n) is 0.0481. The highest BCUT2D eigenvalue weighted by Gasteiger charge is 2.08. The van der Waals surface area contributed by atoms with Crippen molar-refractivity contribution in [3.8, 4) is 0 Å². The minimum Gasteiger partial charge on any atom is -0.302 e. The molecular weight excluding hydrogens is 88.1 g/mol.